The summed E-state index contributed by atoms with van der Waals surface area (Å²) in [4.78, 5) is 4.31. The molecule has 0 aliphatic carbocycles. The number of anilines is 2. The Balaban J connectivity index is 2.29. The fourth-order valence-corrected chi connectivity index (χ4v) is 2.03. The van der Waals surface area contributed by atoms with Crippen molar-refractivity contribution in [3.8, 4) is 5.75 Å². The molecule has 88 valence electrons. The number of methoxy groups -OCH3 is 1. The molecular weight excluding hydrogens is 348 g/mol. The molecule has 1 aromatic heterocycles. The van der Waals surface area contributed by atoms with Crippen LogP contribution >= 0.6 is 31.9 Å². The molecule has 17 heavy (non-hydrogen) atoms. The van der Waals surface area contributed by atoms with Gasteiger partial charge in [0.15, 0.2) is 0 Å². The Labute approximate surface area is 116 Å². The maximum atomic E-state index is 5.18. The quantitative estimate of drug-likeness (QED) is 0.828. The fraction of sp³-hybridized carbons (Fsp3) is 0.0833. The number of rotatable bonds is 3. The van der Waals surface area contributed by atoms with Crippen LogP contribution in [0.4, 0.5) is 11.5 Å². The van der Waals surface area contributed by atoms with E-state index in [1.54, 1.807) is 7.11 Å². The second-order valence-electron chi connectivity index (χ2n) is 3.32. The highest BCUT2D eigenvalue weighted by atomic mass is 79.9. The van der Waals surface area contributed by atoms with Crippen LogP contribution in [0.2, 0.25) is 0 Å². The number of nitrogens with zero attached hydrogens (tertiary/aromatic N) is 1. The van der Waals surface area contributed by atoms with Gasteiger partial charge in [-0.3, -0.25) is 0 Å². The third-order valence-corrected chi connectivity index (χ3v) is 3.28. The summed E-state index contributed by atoms with van der Waals surface area (Å²) in [7, 11) is 1.64. The van der Waals surface area contributed by atoms with Gasteiger partial charge in [-0.15, -0.1) is 0 Å². The van der Waals surface area contributed by atoms with Crippen molar-refractivity contribution < 1.29 is 4.74 Å². The minimum Gasteiger partial charge on any atom is -0.497 e. The topological polar surface area (TPSA) is 34.1 Å². The lowest BCUT2D eigenvalue weighted by molar-refractivity contribution is 0.415. The van der Waals surface area contributed by atoms with Crippen LogP contribution in [-0.4, -0.2) is 12.1 Å². The zero-order valence-corrected chi connectivity index (χ0v) is 12.2. The first-order valence-electron chi connectivity index (χ1n) is 4.92. The molecular formula is C12H10Br2N2O. The van der Waals surface area contributed by atoms with E-state index in [4.69, 9.17) is 4.74 Å². The van der Waals surface area contributed by atoms with Crippen LogP contribution < -0.4 is 10.1 Å². The van der Waals surface area contributed by atoms with Gasteiger partial charge < -0.3 is 10.1 Å². The van der Waals surface area contributed by atoms with E-state index in [1.807, 2.05) is 36.4 Å². The molecule has 0 aliphatic heterocycles. The minimum absolute atomic E-state index is 0.772. The van der Waals surface area contributed by atoms with Crippen molar-refractivity contribution in [2.24, 2.45) is 0 Å². The molecule has 0 radical (unpaired) electrons. The number of benzene rings is 1. The lowest BCUT2D eigenvalue weighted by Crippen LogP contribution is -1.95. The Morgan fingerprint density at radius 3 is 2.71 bits per heavy atom. The van der Waals surface area contributed by atoms with E-state index in [1.165, 1.54) is 0 Å². The van der Waals surface area contributed by atoms with E-state index < -0.39 is 0 Å². The zero-order chi connectivity index (χ0) is 12.3. The molecule has 1 heterocycles. The normalized spacial score (nSPS) is 10.1. The molecule has 5 heteroatoms. The van der Waals surface area contributed by atoms with Crippen LogP contribution in [0.1, 0.15) is 0 Å². The highest BCUT2D eigenvalue weighted by molar-refractivity contribution is 9.10. The molecule has 1 N–H and O–H groups in total. The maximum Gasteiger partial charge on any atom is 0.131 e. The van der Waals surface area contributed by atoms with Crippen LogP contribution in [0.15, 0.2) is 45.5 Å². The molecule has 2 rings (SSSR count). The average molecular weight is 358 g/mol. The van der Waals surface area contributed by atoms with E-state index in [0.29, 0.717) is 0 Å². The van der Waals surface area contributed by atoms with Crippen LogP contribution in [0, 0.1) is 0 Å². The third kappa shape index (κ3) is 3.20. The number of aromatic nitrogens is 1. The fourth-order valence-electron chi connectivity index (χ4n) is 1.34. The first kappa shape index (κ1) is 12.4. The number of ether oxygens (including phenoxy) is 1. The summed E-state index contributed by atoms with van der Waals surface area (Å²) >= 11 is 6.81. The Morgan fingerprint density at radius 2 is 2.00 bits per heavy atom. The smallest absolute Gasteiger partial charge is 0.131 e. The van der Waals surface area contributed by atoms with Crippen LogP contribution in [0.25, 0.3) is 0 Å². The minimum atomic E-state index is 0.772. The third-order valence-electron chi connectivity index (χ3n) is 2.15. The lowest BCUT2D eigenvalue weighted by Gasteiger charge is -2.09. The molecule has 0 saturated carbocycles. The van der Waals surface area contributed by atoms with Crippen molar-refractivity contribution in [2.75, 3.05) is 12.4 Å². The van der Waals surface area contributed by atoms with Gasteiger partial charge in [-0.1, -0.05) is 6.07 Å². The Morgan fingerprint density at radius 1 is 1.18 bits per heavy atom. The molecule has 3 nitrogen and oxygen atoms in total. The summed E-state index contributed by atoms with van der Waals surface area (Å²) in [5.74, 6) is 1.57. The van der Waals surface area contributed by atoms with Crippen LogP contribution in [-0.2, 0) is 0 Å². The van der Waals surface area contributed by atoms with E-state index >= 15 is 0 Å². The molecule has 0 amide bonds. The highest BCUT2D eigenvalue weighted by Crippen LogP contribution is 2.29. The summed E-state index contributed by atoms with van der Waals surface area (Å²) in [5, 5.41) is 3.22. The summed E-state index contributed by atoms with van der Waals surface area (Å²) in [5.41, 5.74) is 0.912. The van der Waals surface area contributed by atoms with Gasteiger partial charge in [-0.25, -0.2) is 4.98 Å². The largest absolute Gasteiger partial charge is 0.497 e. The molecule has 0 atom stereocenters. The van der Waals surface area contributed by atoms with E-state index in [2.05, 4.69) is 42.2 Å². The second kappa shape index (κ2) is 5.51. The monoisotopic (exact) mass is 356 g/mol. The van der Waals surface area contributed by atoms with Gasteiger partial charge in [-0.2, -0.15) is 0 Å². The number of hydrogen-bond acceptors (Lipinski definition) is 3. The Hall–Kier alpha value is -1.07. The second-order valence-corrected chi connectivity index (χ2v) is 4.98. The Bertz CT molecular complexity index is 532. The van der Waals surface area contributed by atoms with Gasteiger partial charge in [0.25, 0.3) is 0 Å². The van der Waals surface area contributed by atoms with Gasteiger partial charge in [-0.05, 0) is 56.1 Å². The molecule has 1 aromatic carbocycles. The zero-order valence-electron chi connectivity index (χ0n) is 9.08. The number of hydrogen-bond donors (Lipinski definition) is 1. The predicted molar refractivity (Wildman–Crippen MR) is 75.9 cm³/mol. The molecule has 0 spiro atoms. The van der Waals surface area contributed by atoms with Gasteiger partial charge in [0, 0.05) is 10.5 Å². The van der Waals surface area contributed by atoms with Gasteiger partial charge in [0.05, 0.1) is 12.8 Å². The highest BCUT2D eigenvalue weighted by Gasteiger charge is 2.03. The van der Waals surface area contributed by atoms with Crippen LogP contribution in [0.3, 0.4) is 0 Å². The van der Waals surface area contributed by atoms with Crippen molar-refractivity contribution in [3.05, 3.63) is 45.5 Å². The number of halogens is 2. The summed E-state index contributed by atoms with van der Waals surface area (Å²) in [6.45, 7) is 0. The molecule has 2 aromatic rings. The lowest BCUT2D eigenvalue weighted by atomic mass is 10.3. The SMILES string of the molecule is COc1ccc(Br)c(Nc2cccc(Br)n2)c1. The molecule has 0 saturated heterocycles. The summed E-state index contributed by atoms with van der Waals surface area (Å²) < 4.78 is 6.93. The molecule has 0 bridgehead atoms. The van der Waals surface area contributed by atoms with Crippen molar-refractivity contribution in [3.63, 3.8) is 0 Å². The Kier molecular flexibility index (Phi) is 4.02. The van der Waals surface area contributed by atoms with E-state index in [9.17, 15) is 0 Å². The van der Waals surface area contributed by atoms with Crippen molar-refractivity contribution >= 4 is 43.4 Å². The summed E-state index contributed by atoms with van der Waals surface area (Å²) in [6, 6.07) is 11.4. The van der Waals surface area contributed by atoms with E-state index in [-0.39, 0.29) is 0 Å². The first-order chi connectivity index (χ1) is 8.19. The van der Waals surface area contributed by atoms with Crippen molar-refractivity contribution in [2.45, 2.75) is 0 Å². The molecule has 0 fully saturated rings. The first-order valence-corrected chi connectivity index (χ1v) is 6.51. The number of nitrogens with one attached hydrogen (secondary N) is 1. The van der Waals surface area contributed by atoms with Gasteiger partial charge in [0.2, 0.25) is 0 Å². The van der Waals surface area contributed by atoms with Crippen molar-refractivity contribution in [1.29, 1.82) is 0 Å². The average Bonchev–Trinajstić information content (AvgIpc) is 2.32. The predicted octanol–water partition coefficient (Wildman–Crippen LogP) is 4.36. The molecule has 0 aliphatic rings. The van der Waals surface area contributed by atoms with Crippen LogP contribution in [0.5, 0.6) is 5.75 Å². The summed E-state index contributed by atoms with van der Waals surface area (Å²) in [6.07, 6.45) is 0. The maximum absolute atomic E-state index is 5.18. The van der Waals surface area contributed by atoms with Gasteiger partial charge in [0.1, 0.15) is 16.2 Å². The standard InChI is InChI=1S/C12H10Br2N2O/c1-17-8-5-6-9(13)10(7-8)15-12-4-2-3-11(14)16-12/h2-7H,1H3,(H,15,16). The molecule has 0 unspecified atom stereocenters. The van der Waals surface area contributed by atoms with Crippen molar-refractivity contribution in [1.82, 2.24) is 4.98 Å². The van der Waals surface area contributed by atoms with E-state index in [0.717, 1.165) is 26.3 Å². The number of pyridine rings is 1. The van der Waals surface area contributed by atoms with Gasteiger partial charge >= 0.3 is 0 Å².